The SMILES string of the molecule is CC(C)(C)OC(=O)N1CCC[C@@H](C(=O)c2cccc3cc(C(C)(C)C)oc23)C1. The highest BCUT2D eigenvalue weighted by molar-refractivity contribution is 6.07. The van der Waals surface area contributed by atoms with Gasteiger partial charge < -0.3 is 14.1 Å². The number of rotatable bonds is 2. The Balaban J connectivity index is 1.84. The summed E-state index contributed by atoms with van der Waals surface area (Å²) in [5, 5.41) is 0.940. The van der Waals surface area contributed by atoms with Gasteiger partial charge in [0.25, 0.3) is 0 Å². The number of carbonyl (C=O) groups excluding carboxylic acids is 2. The molecule has 0 radical (unpaired) electrons. The Labute approximate surface area is 167 Å². The number of para-hydroxylation sites is 1. The van der Waals surface area contributed by atoms with E-state index in [4.69, 9.17) is 9.15 Å². The molecule has 1 aromatic heterocycles. The van der Waals surface area contributed by atoms with Crippen molar-refractivity contribution in [3.8, 4) is 0 Å². The third kappa shape index (κ3) is 4.40. The highest BCUT2D eigenvalue weighted by Crippen LogP contribution is 2.33. The van der Waals surface area contributed by atoms with Crippen LogP contribution in [0.1, 0.15) is 70.5 Å². The summed E-state index contributed by atoms with van der Waals surface area (Å²) in [5.74, 6) is 0.658. The topological polar surface area (TPSA) is 59.8 Å². The zero-order valence-corrected chi connectivity index (χ0v) is 17.8. The Morgan fingerprint density at radius 1 is 1.14 bits per heavy atom. The van der Waals surface area contributed by atoms with Crippen LogP contribution in [-0.4, -0.2) is 35.5 Å². The van der Waals surface area contributed by atoms with Crippen LogP contribution < -0.4 is 0 Å². The van der Waals surface area contributed by atoms with Gasteiger partial charge in [-0.2, -0.15) is 0 Å². The monoisotopic (exact) mass is 385 g/mol. The summed E-state index contributed by atoms with van der Waals surface area (Å²) < 4.78 is 11.6. The third-order valence-corrected chi connectivity index (χ3v) is 4.99. The number of carbonyl (C=O) groups is 2. The van der Waals surface area contributed by atoms with Crippen LogP contribution in [0.15, 0.2) is 28.7 Å². The van der Waals surface area contributed by atoms with E-state index in [0.717, 1.165) is 24.0 Å². The van der Waals surface area contributed by atoms with Crippen molar-refractivity contribution in [1.29, 1.82) is 0 Å². The maximum Gasteiger partial charge on any atom is 0.410 e. The van der Waals surface area contributed by atoms with Crippen molar-refractivity contribution in [2.24, 2.45) is 5.92 Å². The van der Waals surface area contributed by atoms with Crippen LogP contribution in [0.5, 0.6) is 0 Å². The lowest BCUT2D eigenvalue weighted by Crippen LogP contribution is -2.44. The standard InChI is InChI=1S/C23H31NO4/c1-22(2,3)18-13-15-9-7-11-17(20(15)27-18)19(25)16-10-8-12-24(14-16)21(26)28-23(4,5)6/h7,9,11,13,16H,8,10,12,14H2,1-6H3/t16-/m1/s1. The number of nitrogens with zero attached hydrogens (tertiary/aromatic N) is 1. The summed E-state index contributed by atoms with van der Waals surface area (Å²) in [6, 6.07) is 7.71. The van der Waals surface area contributed by atoms with E-state index in [1.54, 1.807) is 4.90 Å². The summed E-state index contributed by atoms with van der Waals surface area (Å²) in [7, 11) is 0. The molecule has 0 saturated carbocycles. The molecule has 1 saturated heterocycles. The van der Waals surface area contributed by atoms with E-state index in [1.165, 1.54) is 0 Å². The molecule has 1 amide bonds. The molecule has 0 aliphatic carbocycles. The molecule has 28 heavy (non-hydrogen) atoms. The molecule has 152 valence electrons. The Bertz CT molecular complexity index is 882. The van der Waals surface area contributed by atoms with Crippen molar-refractivity contribution in [3.63, 3.8) is 0 Å². The lowest BCUT2D eigenvalue weighted by Gasteiger charge is -2.33. The second kappa shape index (κ2) is 7.26. The molecule has 1 aliphatic heterocycles. The van der Waals surface area contributed by atoms with Gasteiger partial charge >= 0.3 is 6.09 Å². The molecule has 2 aromatic rings. The van der Waals surface area contributed by atoms with E-state index >= 15 is 0 Å². The number of fused-ring (bicyclic) bond motifs is 1. The molecule has 0 unspecified atom stereocenters. The van der Waals surface area contributed by atoms with Gasteiger partial charge in [0, 0.05) is 29.8 Å². The number of benzene rings is 1. The molecule has 1 fully saturated rings. The molecule has 1 aliphatic rings. The first-order valence-corrected chi connectivity index (χ1v) is 10.0. The van der Waals surface area contributed by atoms with Gasteiger partial charge in [0.2, 0.25) is 0 Å². The first-order chi connectivity index (χ1) is 13.0. The number of ketones is 1. The Hall–Kier alpha value is -2.30. The van der Waals surface area contributed by atoms with Crippen LogP contribution in [-0.2, 0) is 10.2 Å². The first kappa shape index (κ1) is 20.4. The predicted molar refractivity (Wildman–Crippen MR) is 110 cm³/mol. The fraction of sp³-hybridized carbons (Fsp3) is 0.565. The zero-order chi connectivity index (χ0) is 20.7. The highest BCUT2D eigenvalue weighted by Gasteiger charge is 2.32. The zero-order valence-electron chi connectivity index (χ0n) is 17.8. The minimum atomic E-state index is -0.544. The number of hydrogen-bond acceptors (Lipinski definition) is 4. The minimum Gasteiger partial charge on any atom is -0.460 e. The molecule has 1 aromatic carbocycles. The lowest BCUT2D eigenvalue weighted by molar-refractivity contribution is 0.0172. The van der Waals surface area contributed by atoms with Gasteiger partial charge in [0.15, 0.2) is 5.78 Å². The predicted octanol–water partition coefficient (Wildman–Crippen LogP) is 5.56. The molecular formula is C23H31NO4. The van der Waals surface area contributed by atoms with E-state index in [1.807, 2.05) is 45.0 Å². The number of Topliss-reactive ketones (excluding diaryl/α,β-unsaturated/α-hetero) is 1. The number of amides is 1. The smallest absolute Gasteiger partial charge is 0.410 e. The molecule has 1 atom stereocenters. The summed E-state index contributed by atoms with van der Waals surface area (Å²) in [6.45, 7) is 12.8. The molecule has 3 rings (SSSR count). The van der Waals surface area contributed by atoms with Crippen molar-refractivity contribution >= 4 is 22.8 Å². The Morgan fingerprint density at radius 3 is 2.50 bits per heavy atom. The van der Waals surface area contributed by atoms with Gasteiger partial charge in [-0.1, -0.05) is 32.9 Å². The maximum atomic E-state index is 13.3. The lowest BCUT2D eigenvalue weighted by atomic mass is 9.89. The van der Waals surface area contributed by atoms with Gasteiger partial charge in [0.1, 0.15) is 16.9 Å². The van der Waals surface area contributed by atoms with Gasteiger partial charge in [-0.3, -0.25) is 4.79 Å². The summed E-state index contributed by atoms with van der Waals surface area (Å²) in [5.41, 5.74) is 0.574. The van der Waals surface area contributed by atoms with Gasteiger partial charge in [-0.25, -0.2) is 4.79 Å². The van der Waals surface area contributed by atoms with E-state index in [-0.39, 0.29) is 23.2 Å². The van der Waals surface area contributed by atoms with Crippen LogP contribution in [0.3, 0.4) is 0 Å². The van der Waals surface area contributed by atoms with Crippen LogP contribution in [0.25, 0.3) is 11.0 Å². The number of hydrogen-bond donors (Lipinski definition) is 0. The Kier molecular flexibility index (Phi) is 5.30. The normalized spacial score (nSPS) is 18.4. The molecule has 2 heterocycles. The number of ether oxygens (including phenoxy) is 1. The average Bonchev–Trinajstić information content (AvgIpc) is 3.04. The number of piperidine rings is 1. The minimum absolute atomic E-state index is 0.0358. The van der Waals surface area contributed by atoms with Crippen LogP contribution in [0.2, 0.25) is 0 Å². The van der Waals surface area contributed by atoms with E-state index in [0.29, 0.717) is 24.2 Å². The van der Waals surface area contributed by atoms with Crippen LogP contribution in [0, 0.1) is 5.92 Å². The van der Waals surface area contributed by atoms with Gasteiger partial charge in [0.05, 0.1) is 5.56 Å². The second-order valence-electron chi connectivity index (χ2n) is 9.71. The molecule has 0 N–H and O–H groups in total. The quantitative estimate of drug-likeness (QED) is 0.635. The second-order valence-corrected chi connectivity index (χ2v) is 9.71. The van der Waals surface area contributed by atoms with Crippen LogP contribution in [0.4, 0.5) is 4.79 Å². The maximum absolute atomic E-state index is 13.3. The largest absolute Gasteiger partial charge is 0.460 e. The fourth-order valence-corrected chi connectivity index (χ4v) is 3.53. The van der Waals surface area contributed by atoms with Gasteiger partial charge in [-0.05, 0) is 45.7 Å². The first-order valence-electron chi connectivity index (χ1n) is 10.0. The highest BCUT2D eigenvalue weighted by atomic mass is 16.6. The average molecular weight is 386 g/mol. The molecule has 0 spiro atoms. The van der Waals surface area contributed by atoms with Crippen molar-refractivity contribution in [2.45, 2.75) is 65.4 Å². The molecule has 5 heteroatoms. The molecule has 5 nitrogen and oxygen atoms in total. The van der Waals surface area contributed by atoms with Crippen molar-refractivity contribution < 1.29 is 18.7 Å². The van der Waals surface area contributed by atoms with Crippen molar-refractivity contribution in [2.75, 3.05) is 13.1 Å². The molecule has 0 bridgehead atoms. The van der Waals surface area contributed by atoms with Gasteiger partial charge in [-0.15, -0.1) is 0 Å². The number of furan rings is 1. The van der Waals surface area contributed by atoms with Crippen LogP contribution >= 0.6 is 0 Å². The summed E-state index contributed by atoms with van der Waals surface area (Å²) >= 11 is 0. The van der Waals surface area contributed by atoms with E-state index in [9.17, 15) is 9.59 Å². The van der Waals surface area contributed by atoms with Crippen molar-refractivity contribution in [3.05, 3.63) is 35.6 Å². The molecular weight excluding hydrogens is 354 g/mol. The third-order valence-electron chi connectivity index (χ3n) is 4.99. The fourth-order valence-electron chi connectivity index (χ4n) is 3.53. The van der Waals surface area contributed by atoms with Crippen molar-refractivity contribution in [1.82, 2.24) is 4.90 Å². The van der Waals surface area contributed by atoms with E-state index < -0.39 is 5.60 Å². The summed E-state index contributed by atoms with van der Waals surface area (Å²) in [4.78, 5) is 27.4. The van der Waals surface area contributed by atoms with E-state index in [2.05, 4.69) is 20.8 Å². The summed E-state index contributed by atoms with van der Waals surface area (Å²) in [6.07, 6.45) is 1.20. The Morgan fingerprint density at radius 2 is 1.86 bits per heavy atom. The number of likely N-dealkylation sites (tertiary alicyclic amines) is 1.